The summed E-state index contributed by atoms with van der Waals surface area (Å²) in [6, 6.07) is 0. The first-order valence-electron chi connectivity index (χ1n) is 14.2. The van der Waals surface area contributed by atoms with E-state index in [1.165, 1.54) is 31.3 Å². The van der Waals surface area contributed by atoms with E-state index in [0.717, 1.165) is 24.8 Å². The number of hydrogen-bond acceptors (Lipinski definition) is 5. The predicted octanol–water partition coefficient (Wildman–Crippen LogP) is 4.77. The molecule has 0 aliphatic heterocycles. The zero-order valence-corrected chi connectivity index (χ0v) is 22.7. The lowest BCUT2D eigenvalue weighted by molar-refractivity contribution is -0.162. The Balaban J connectivity index is 1.52. The van der Waals surface area contributed by atoms with Crippen molar-refractivity contribution in [3.63, 3.8) is 0 Å². The highest BCUT2D eigenvalue weighted by Gasteiger charge is 2.60. The quantitative estimate of drug-likeness (QED) is 0.350. The first-order valence-corrected chi connectivity index (χ1v) is 14.2. The molecule has 4 N–H and O–H groups in total. The van der Waals surface area contributed by atoms with Gasteiger partial charge in [0.15, 0.2) is 0 Å². The molecule has 0 aromatic carbocycles. The Morgan fingerprint density at radius 2 is 1.83 bits per heavy atom. The minimum Gasteiger partial charge on any atom is -0.396 e. The third-order valence-corrected chi connectivity index (χ3v) is 10.6. The molecule has 200 valence electrons. The van der Waals surface area contributed by atoms with E-state index in [0.29, 0.717) is 37.2 Å². The first kappa shape index (κ1) is 27.3. The highest BCUT2D eigenvalue weighted by Crippen LogP contribution is 2.66. The largest absolute Gasteiger partial charge is 0.396 e. The van der Waals surface area contributed by atoms with Gasteiger partial charge < -0.3 is 25.2 Å². The topological polar surface area (TPSA) is 90.2 Å². The molecule has 0 amide bonds. The molecule has 0 aromatic rings. The van der Waals surface area contributed by atoms with Gasteiger partial charge >= 0.3 is 0 Å². The van der Waals surface area contributed by atoms with Crippen LogP contribution in [0.3, 0.4) is 0 Å². The molecule has 0 radical (unpaired) electrons. The van der Waals surface area contributed by atoms with Crippen LogP contribution in [-0.4, -0.2) is 57.6 Å². The van der Waals surface area contributed by atoms with Crippen molar-refractivity contribution in [2.45, 2.75) is 116 Å². The molecule has 9 atom stereocenters. The number of allylic oxidation sites excluding steroid dienone is 3. The van der Waals surface area contributed by atoms with Crippen LogP contribution in [0.4, 0.5) is 0 Å². The molecule has 0 saturated heterocycles. The van der Waals surface area contributed by atoms with Crippen molar-refractivity contribution in [3.8, 4) is 0 Å². The zero-order chi connectivity index (χ0) is 25.6. The smallest absolute Gasteiger partial charge is 0.110 e. The molecular formula is C30H50O5. The lowest BCUT2D eigenvalue weighted by atomic mass is 9.49. The number of fused-ring (bicyclic) bond motifs is 5. The fourth-order valence-corrected chi connectivity index (χ4v) is 8.57. The molecule has 3 saturated carbocycles. The second kappa shape index (κ2) is 10.2. The lowest BCUT2D eigenvalue weighted by Gasteiger charge is -2.57. The van der Waals surface area contributed by atoms with Crippen molar-refractivity contribution in [3.05, 3.63) is 23.3 Å². The van der Waals surface area contributed by atoms with E-state index in [4.69, 9.17) is 9.84 Å². The lowest BCUT2D eigenvalue weighted by Crippen LogP contribution is -2.59. The maximum atomic E-state index is 11.6. The van der Waals surface area contributed by atoms with Crippen molar-refractivity contribution in [1.29, 1.82) is 0 Å². The molecule has 5 nitrogen and oxygen atoms in total. The standard InChI is InChI=1S/C30H50O5/c1-19(8-6-14-28(2,3)34)22-11-12-23-21-10-9-20-18-25(32)26(35-17-7-16-31)27(33)30(20,5)24(21)13-15-29(22,23)4/h9-10,19,22-27,31-34H,6-8,11-18H2,1-5H3/t19-,22-,23+,24?,25-,26+,27-,29-,30+/m1/s1. The summed E-state index contributed by atoms with van der Waals surface area (Å²) < 4.78 is 5.93. The minimum atomic E-state index is -0.757. The molecule has 0 spiro atoms. The van der Waals surface area contributed by atoms with Gasteiger partial charge in [0.25, 0.3) is 0 Å². The second-order valence-corrected chi connectivity index (χ2v) is 13.3. The fraction of sp³-hybridized carbons (Fsp3) is 0.867. The molecule has 4 aliphatic rings. The van der Waals surface area contributed by atoms with Gasteiger partial charge in [0.05, 0.1) is 17.8 Å². The number of ether oxygens (including phenoxy) is 1. The average Bonchev–Trinajstić information content (AvgIpc) is 3.14. The summed E-state index contributed by atoms with van der Waals surface area (Å²) >= 11 is 0. The third-order valence-electron chi connectivity index (χ3n) is 10.6. The van der Waals surface area contributed by atoms with Gasteiger partial charge in [0.1, 0.15) is 6.10 Å². The van der Waals surface area contributed by atoms with Gasteiger partial charge in [-0.15, -0.1) is 0 Å². The maximum Gasteiger partial charge on any atom is 0.110 e. The summed E-state index contributed by atoms with van der Waals surface area (Å²) in [5, 5.41) is 41.6. The van der Waals surface area contributed by atoms with Crippen molar-refractivity contribution < 1.29 is 25.2 Å². The van der Waals surface area contributed by atoms with Crippen LogP contribution < -0.4 is 0 Å². The van der Waals surface area contributed by atoms with Crippen LogP contribution in [0.15, 0.2) is 23.3 Å². The van der Waals surface area contributed by atoms with Crippen molar-refractivity contribution >= 4 is 0 Å². The second-order valence-electron chi connectivity index (χ2n) is 13.3. The number of hydrogen-bond donors (Lipinski definition) is 4. The van der Waals surface area contributed by atoms with Gasteiger partial charge in [-0.3, -0.25) is 0 Å². The summed E-state index contributed by atoms with van der Waals surface area (Å²) in [6.45, 7) is 11.4. The zero-order valence-electron chi connectivity index (χ0n) is 22.7. The van der Waals surface area contributed by atoms with Gasteiger partial charge in [-0.25, -0.2) is 0 Å². The monoisotopic (exact) mass is 490 g/mol. The number of aliphatic hydroxyl groups excluding tert-OH is 3. The molecule has 35 heavy (non-hydrogen) atoms. The number of rotatable bonds is 9. The average molecular weight is 491 g/mol. The molecule has 5 heteroatoms. The molecule has 1 unspecified atom stereocenters. The molecule has 3 fully saturated rings. The Hall–Kier alpha value is -0.720. The van der Waals surface area contributed by atoms with E-state index < -0.39 is 29.3 Å². The van der Waals surface area contributed by atoms with Gasteiger partial charge in [-0.1, -0.05) is 56.9 Å². The third kappa shape index (κ3) is 4.93. The Kier molecular flexibility index (Phi) is 7.97. The van der Waals surface area contributed by atoms with E-state index in [1.54, 1.807) is 0 Å². The fourth-order valence-electron chi connectivity index (χ4n) is 8.57. The van der Waals surface area contributed by atoms with E-state index >= 15 is 0 Å². The molecule has 4 aliphatic carbocycles. The first-order chi connectivity index (χ1) is 16.4. The van der Waals surface area contributed by atoms with Crippen LogP contribution >= 0.6 is 0 Å². The van der Waals surface area contributed by atoms with Crippen LogP contribution in [0.2, 0.25) is 0 Å². The molecule has 0 heterocycles. The van der Waals surface area contributed by atoms with Gasteiger partial charge in [-0.2, -0.15) is 0 Å². The van der Waals surface area contributed by atoms with Gasteiger partial charge in [0.2, 0.25) is 0 Å². The summed E-state index contributed by atoms with van der Waals surface area (Å²) in [5.74, 6) is 2.18. The van der Waals surface area contributed by atoms with Crippen molar-refractivity contribution in [2.24, 2.45) is 34.5 Å². The Morgan fingerprint density at radius 1 is 1.09 bits per heavy atom. The number of aliphatic hydroxyl groups is 4. The molecule has 0 aromatic heterocycles. The highest BCUT2D eigenvalue weighted by atomic mass is 16.5. The Labute approximate surface area is 212 Å². The minimum absolute atomic E-state index is 0.0501. The van der Waals surface area contributed by atoms with Crippen LogP contribution in [0.5, 0.6) is 0 Å². The SMILES string of the molecule is C[C@H](CCCC(C)(C)O)[C@H]1CC[C@H]2C3=CC=C4C[C@@H](O)[C@H](OCCCO)[C@@H](O)[C@]4(C)C3CC[C@]12C. The Bertz CT molecular complexity index is 812. The highest BCUT2D eigenvalue weighted by molar-refractivity contribution is 5.40. The van der Waals surface area contributed by atoms with E-state index in [9.17, 15) is 15.3 Å². The summed E-state index contributed by atoms with van der Waals surface area (Å²) in [4.78, 5) is 0. The Morgan fingerprint density at radius 3 is 2.51 bits per heavy atom. The summed E-state index contributed by atoms with van der Waals surface area (Å²) in [5.41, 5.74) is 1.96. The van der Waals surface area contributed by atoms with Gasteiger partial charge in [-0.05, 0) is 87.9 Å². The van der Waals surface area contributed by atoms with Crippen LogP contribution in [0, 0.1) is 34.5 Å². The van der Waals surface area contributed by atoms with E-state index in [2.05, 4.69) is 32.9 Å². The summed E-state index contributed by atoms with van der Waals surface area (Å²) in [7, 11) is 0. The molecule has 4 rings (SSSR count). The van der Waals surface area contributed by atoms with Crippen LogP contribution in [-0.2, 0) is 4.74 Å². The normalized spacial score (nSPS) is 42.0. The van der Waals surface area contributed by atoms with E-state index in [1.807, 2.05) is 13.8 Å². The predicted molar refractivity (Wildman–Crippen MR) is 139 cm³/mol. The van der Waals surface area contributed by atoms with E-state index in [-0.39, 0.29) is 17.9 Å². The molecule has 0 bridgehead atoms. The molecular weight excluding hydrogens is 440 g/mol. The van der Waals surface area contributed by atoms with Gasteiger partial charge in [0, 0.05) is 18.6 Å². The van der Waals surface area contributed by atoms with Crippen LogP contribution in [0.1, 0.15) is 92.4 Å². The van der Waals surface area contributed by atoms with Crippen molar-refractivity contribution in [1.82, 2.24) is 0 Å². The summed E-state index contributed by atoms with van der Waals surface area (Å²) in [6.07, 6.45) is 11.3. The van der Waals surface area contributed by atoms with Crippen LogP contribution in [0.25, 0.3) is 0 Å². The maximum absolute atomic E-state index is 11.6. The van der Waals surface area contributed by atoms with Crippen molar-refractivity contribution in [2.75, 3.05) is 13.2 Å².